The molecule has 0 saturated heterocycles. The van der Waals surface area contributed by atoms with E-state index in [1.807, 2.05) is 24.3 Å². The first-order valence-corrected chi connectivity index (χ1v) is 6.56. The molecule has 6 heteroatoms. The van der Waals surface area contributed by atoms with Crippen molar-refractivity contribution < 1.29 is 9.53 Å². The highest BCUT2D eigenvalue weighted by molar-refractivity contribution is 5.89. The van der Waals surface area contributed by atoms with Gasteiger partial charge in [0.15, 0.2) is 5.82 Å². The molecule has 2 heterocycles. The summed E-state index contributed by atoms with van der Waals surface area (Å²) in [7, 11) is 0. The third kappa shape index (κ3) is 2.55. The molecule has 1 aromatic carbocycles. The summed E-state index contributed by atoms with van der Waals surface area (Å²) in [5.41, 5.74) is 7.65. The van der Waals surface area contributed by atoms with Crippen LogP contribution in [0.5, 0.6) is 0 Å². The van der Waals surface area contributed by atoms with E-state index in [9.17, 15) is 4.79 Å². The number of nitrogens with zero attached hydrogens (tertiary/aromatic N) is 3. The van der Waals surface area contributed by atoms with E-state index in [0.29, 0.717) is 23.7 Å². The topological polar surface area (TPSA) is 83.0 Å². The average molecular weight is 282 g/mol. The lowest BCUT2D eigenvalue weighted by Crippen LogP contribution is -2.03. The Balaban J connectivity index is 1.97. The molecule has 21 heavy (non-hydrogen) atoms. The van der Waals surface area contributed by atoms with Crippen LogP contribution in [0, 0.1) is 0 Å². The number of esters is 1. The van der Waals surface area contributed by atoms with Crippen molar-refractivity contribution in [3.05, 3.63) is 48.3 Å². The molecule has 2 aromatic heterocycles. The van der Waals surface area contributed by atoms with Crippen molar-refractivity contribution in [2.24, 2.45) is 0 Å². The number of fused-ring (bicyclic) bond motifs is 1. The van der Waals surface area contributed by atoms with Crippen molar-refractivity contribution in [3.8, 4) is 5.82 Å². The van der Waals surface area contributed by atoms with Crippen LogP contribution in [-0.2, 0) is 4.74 Å². The molecule has 106 valence electrons. The van der Waals surface area contributed by atoms with Crippen molar-refractivity contribution in [2.75, 3.05) is 12.3 Å². The van der Waals surface area contributed by atoms with Crippen molar-refractivity contribution in [2.45, 2.75) is 6.92 Å². The Labute approximate surface area is 121 Å². The van der Waals surface area contributed by atoms with E-state index in [-0.39, 0.29) is 0 Å². The SMILES string of the molecule is CCOC(=O)c1cnn(-c2ccc3cc(N)ccc3n2)c1. The van der Waals surface area contributed by atoms with E-state index in [1.54, 1.807) is 23.9 Å². The van der Waals surface area contributed by atoms with Gasteiger partial charge in [-0.3, -0.25) is 0 Å². The third-order valence-corrected chi connectivity index (χ3v) is 3.03. The highest BCUT2D eigenvalue weighted by Crippen LogP contribution is 2.17. The standard InChI is InChI=1S/C15H14N4O2/c1-2-21-15(20)11-8-17-19(9-11)14-6-3-10-7-12(16)4-5-13(10)18-14/h3-9H,2,16H2,1H3. The van der Waals surface area contributed by atoms with Gasteiger partial charge in [0.25, 0.3) is 0 Å². The second-order valence-corrected chi connectivity index (χ2v) is 4.52. The first kappa shape index (κ1) is 13.1. The van der Waals surface area contributed by atoms with Gasteiger partial charge in [-0.1, -0.05) is 0 Å². The first-order chi connectivity index (χ1) is 10.2. The molecular formula is C15H14N4O2. The van der Waals surface area contributed by atoms with E-state index in [1.165, 1.54) is 6.20 Å². The van der Waals surface area contributed by atoms with Gasteiger partial charge < -0.3 is 10.5 Å². The van der Waals surface area contributed by atoms with Crippen LogP contribution in [0.15, 0.2) is 42.7 Å². The van der Waals surface area contributed by atoms with Crippen LogP contribution < -0.4 is 5.73 Å². The first-order valence-electron chi connectivity index (χ1n) is 6.56. The van der Waals surface area contributed by atoms with Crippen LogP contribution in [0.1, 0.15) is 17.3 Å². The van der Waals surface area contributed by atoms with Gasteiger partial charge in [-0.05, 0) is 37.3 Å². The molecule has 0 radical (unpaired) electrons. The summed E-state index contributed by atoms with van der Waals surface area (Å²) in [5, 5.41) is 5.10. The number of nitrogen functional groups attached to an aromatic ring is 1. The summed E-state index contributed by atoms with van der Waals surface area (Å²) in [6.45, 7) is 2.10. The maximum absolute atomic E-state index is 11.6. The zero-order chi connectivity index (χ0) is 14.8. The van der Waals surface area contributed by atoms with Crippen LogP contribution in [0.25, 0.3) is 16.7 Å². The van der Waals surface area contributed by atoms with Crippen molar-refractivity contribution >= 4 is 22.6 Å². The molecule has 0 aliphatic heterocycles. The molecule has 0 unspecified atom stereocenters. The number of carbonyl (C=O) groups is 1. The molecule has 0 spiro atoms. The van der Waals surface area contributed by atoms with Gasteiger partial charge in [0.2, 0.25) is 0 Å². The fourth-order valence-electron chi connectivity index (χ4n) is 2.03. The third-order valence-electron chi connectivity index (χ3n) is 3.03. The van der Waals surface area contributed by atoms with Gasteiger partial charge in [-0.2, -0.15) is 5.10 Å². The Hall–Kier alpha value is -2.89. The lowest BCUT2D eigenvalue weighted by atomic mass is 10.2. The van der Waals surface area contributed by atoms with Gasteiger partial charge in [-0.15, -0.1) is 0 Å². The summed E-state index contributed by atoms with van der Waals surface area (Å²) >= 11 is 0. The average Bonchev–Trinajstić information content (AvgIpc) is 2.97. The minimum Gasteiger partial charge on any atom is -0.462 e. The summed E-state index contributed by atoms with van der Waals surface area (Å²) in [5.74, 6) is 0.236. The second-order valence-electron chi connectivity index (χ2n) is 4.52. The van der Waals surface area contributed by atoms with E-state index >= 15 is 0 Å². The maximum Gasteiger partial charge on any atom is 0.341 e. The Kier molecular flexibility index (Phi) is 3.27. The lowest BCUT2D eigenvalue weighted by Gasteiger charge is -2.03. The molecule has 0 amide bonds. The Morgan fingerprint density at radius 1 is 1.33 bits per heavy atom. The second kappa shape index (κ2) is 5.24. The summed E-state index contributed by atoms with van der Waals surface area (Å²) in [6, 6.07) is 9.25. The molecule has 3 aromatic rings. The van der Waals surface area contributed by atoms with Gasteiger partial charge in [0, 0.05) is 17.3 Å². The molecule has 0 saturated carbocycles. The zero-order valence-corrected chi connectivity index (χ0v) is 11.5. The van der Waals surface area contributed by atoms with Gasteiger partial charge >= 0.3 is 5.97 Å². The minimum absolute atomic E-state index is 0.333. The van der Waals surface area contributed by atoms with Crippen LogP contribution >= 0.6 is 0 Å². The molecule has 0 aliphatic carbocycles. The summed E-state index contributed by atoms with van der Waals surface area (Å²) in [6.07, 6.45) is 3.07. The number of aromatic nitrogens is 3. The molecule has 3 rings (SSSR count). The number of nitrogens with two attached hydrogens (primary N) is 1. The predicted octanol–water partition coefficient (Wildman–Crippen LogP) is 2.18. The summed E-state index contributed by atoms with van der Waals surface area (Å²) < 4.78 is 6.48. The Bertz CT molecular complexity index is 810. The van der Waals surface area contributed by atoms with Crippen LogP contribution in [0.3, 0.4) is 0 Å². The smallest absolute Gasteiger partial charge is 0.341 e. The van der Waals surface area contributed by atoms with Crippen LogP contribution in [0.2, 0.25) is 0 Å². The normalized spacial score (nSPS) is 10.7. The fraction of sp³-hybridized carbons (Fsp3) is 0.133. The van der Waals surface area contributed by atoms with E-state index in [4.69, 9.17) is 10.5 Å². The highest BCUT2D eigenvalue weighted by atomic mass is 16.5. The number of hydrogen-bond acceptors (Lipinski definition) is 5. The van der Waals surface area contributed by atoms with Gasteiger partial charge in [0.05, 0.1) is 23.9 Å². The number of carbonyl (C=O) groups excluding carboxylic acids is 1. The lowest BCUT2D eigenvalue weighted by molar-refractivity contribution is 0.0526. The fourth-order valence-corrected chi connectivity index (χ4v) is 2.03. The van der Waals surface area contributed by atoms with E-state index in [2.05, 4.69) is 10.1 Å². The largest absolute Gasteiger partial charge is 0.462 e. The van der Waals surface area contributed by atoms with Crippen molar-refractivity contribution in [3.63, 3.8) is 0 Å². The van der Waals surface area contributed by atoms with Crippen molar-refractivity contribution in [1.82, 2.24) is 14.8 Å². The number of rotatable bonds is 3. The monoisotopic (exact) mass is 282 g/mol. The number of pyridine rings is 1. The number of hydrogen-bond donors (Lipinski definition) is 1. The number of ether oxygens (including phenoxy) is 1. The van der Waals surface area contributed by atoms with E-state index in [0.717, 1.165) is 10.9 Å². The molecule has 0 atom stereocenters. The quantitative estimate of drug-likeness (QED) is 0.588. The van der Waals surface area contributed by atoms with Gasteiger partial charge in [-0.25, -0.2) is 14.5 Å². The number of anilines is 1. The molecule has 6 nitrogen and oxygen atoms in total. The zero-order valence-electron chi connectivity index (χ0n) is 11.5. The maximum atomic E-state index is 11.6. The molecule has 2 N–H and O–H groups in total. The predicted molar refractivity (Wildman–Crippen MR) is 79.2 cm³/mol. The Morgan fingerprint density at radius 2 is 2.19 bits per heavy atom. The van der Waals surface area contributed by atoms with Crippen LogP contribution in [0.4, 0.5) is 5.69 Å². The highest BCUT2D eigenvalue weighted by Gasteiger charge is 2.10. The van der Waals surface area contributed by atoms with Crippen molar-refractivity contribution in [1.29, 1.82) is 0 Å². The molecular weight excluding hydrogens is 268 g/mol. The van der Waals surface area contributed by atoms with E-state index < -0.39 is 5.97 Å². The number of benzene rings is 1. The summed E-state index contributed by atoms with van der Waals surface area (Å²) in [4.78, 5) is 16.1. The Morgan fingerprint density at radius 3 is 3.00 bits per heavy atom. The molecule has 0 fully saturated rings. The van der Waals surface area contributed by atoms with Crippen LogP contribution in [-0.4, -0.2) is 27.3 Å². The minimum atomic E-state index is -0.391. The van der Waals surface area contributed by atoms with Gasteiger partial charge in [0.1, 0.15) is 0 Å². The molecule has 0 bridgehead atoms. The molecule has 0 aliphatic rings.